The second kappa shape index (κ2) is 11.6. The molecule has 0 saturated heterocycles. The summed E-state index contributed by atoms with van der Waals surface area (Å²) >= 11 is 0. The molecule has 0 radical (unpaired) electrons. The minimum Gasteiger partial charge on any atom is -0.487 e. The summed E-state index contributed by atoms with van der Waals surface area (Å²) in [5.41, 5.74) is 0. The normalized spacial score (nSPS) is 21.2. The second-order valence-electron chi connectivity index (χ2n) is 7.63. The van der Waals surface area contributed by atoms with Crippen molar-refractivity contribution in [2.75, 3.05) is 6.54 Å². The van der Waals surface area contributed by atoms with E-state index < -0.39 is 29.4 Å². The first-order valence-corrected chi connectivity index (χ1v) is 10.1. The van der Waals surface area contributed by atoms with E-state index in [2.05, 4.69) is 10.6 Å². The van der Waals surface area contributed by atoms with Crippen molar-refractivity contribution in [2.24, 2.45) is 0 Å². The first kappa shape index (κ1) is 22.9. The molecule has 3 N–H and O–H groups in total. The van der Waals surface area contributed by atoms with Gasteiger partial charge in [-0.15, -0.1) is 10.1 Å². The number of amides is 1. The summed E-state index contributed by atoms with van der Waals surface area (Å²) in [7, 11) is 0. The average molecular weight is 409 g/mol. The molecule has 9 nitrogen and oxygen atoms in total. The van der Waals surface area contributed by atoms with Gasteiger partial charge >= 0.3 is 0 Å². The molecule has 2 rings (SSSR count). The van der Waals surface area contributed by atoms with Crippen molar-refractivity contribution in [3.05, 3.63) is 40.4 Å². The van der Waals surface area contributed by atoms with Crippen molar-refractivity contribution < 1.29 is 24.6 Å². The van der Waals surface area contributed by atoms with Gasteiger partial charge in [0.1, 0.15) is 24.1 Å². The highest BCUT2D eigenvalue weighted by atomic mass is 17.0. The summed E-state index contributed by atoms with van der Waals surface area (Å²) in [5.74, 6) is 0.222. The summed E-state index contributed by atoms with van der Waals surface area (Å²) in [6, 6.07) is 8.75. The van der Waals surface area contributed by atoms with E-state index >= 15 is 0 Å². The lowest BCUT2D eigenvalue weighted by Crippen LogP contribution is -2.49. The van der Waals surface area contributed by atoms with Crippen LogP contribution in [0.25, 0.3) is 0 Å². The number of hydrogen-bond donors (Lipinski definition) is 3. The maximum Gasteiger partial charge on any atom is 0.294 e. The van der Waals surface area contributed by atoms with Crippen molar-refractivity contribution in [2.45, 2.75) is 76.3 Å². The zero-order valence-electron chi connectivity index (χ0n) is 17.0. The van der Waals surface area contributed by atoms with E-state index in [1.165, 1.54) is 0 Å². The van der Waals surface area contributed by atoms with Gasteiger partial charge in [-0.2, -0.15) is 0 Å². The van der Waals surface area contributed by atoms with E-state index in [1.807, 2.05) is 32.0 Å². The van der Waals surface area contributed by atoms with Crippen molar-refractivity contribution in [3.8, 4) is 5.75 Å². The quantitative estimate of drug-likeness (QED) is 0.376. The molecule has 0 aromatic heterocycles. The van der Waals surface area contributed by atoms with E-state index in [0.717, 1.165) is 12.8 Å². The lowest BCUT2D eigenvalue weighted by Gasteiger charge is -2.31. The Morgan fingerprint density at radius 2 is 1.97 bits per heavy atom. The molecule has 1 aliphatic rings. The largest absolute Gasteiger partial charge is 0.487 e. The number of para-hydroxylation sites is 1. The number of benzene rings is 1. The molecular weight excluding hydrogens is 378 g/mol. The number of aliphatic hydroxyl groups excluding tert-OH is 1. The monoisotopic (exact) mass is 409 g/mol. The fraction of sp³-hybridized carbons (Fsp3) is 0.650. The fourth-order valence-electron chi connectivity index (χ4n) is 3.37. The van der Waals surface area contributed by atoms with Crippen LogP contribution in [0.4, 0.5) is 0 Å². The third-order valence-electron chi connectivity index (χ3n) is 4.85. The zero-order valence-corrected chi connectivity index (χ0v) is 17.0. The SMILES string of the molecule is CC(C)NCC(O)C(CC(=O)NC1CCCCC1O[N+](=O)[O-])Oc1ccccc1. The van der Waals surface area contributed by atoms with Crippen LogP contribution in [0.15, 0.2) is 30.3 Å². The van der Waals surface area contributed by atoms with Crippen molar-refractivity contribution in [1.82, 2.24) is 10.6 Å². The highest BCUT2D eigenvalue weighted by molar-refractivity contribution is 5.77. The average Bonchev–Trinajstić information content (AvgIpc) is 2.67. The highest BCUT2D eigenvalue weighted by Crippen LogP contribution is 2.22. The Labute approximate surface area is 170 Å². The number of ether oxygens (including phenoxy) is 1. The van der Waals surface area contributed by atoms with Crippen molar-refractivity contribution >= 4 is 5.91 Å². The summed E-state index contributed by atoms with van der Waals surface area (Å²) in [4.78, 5) is 28.1. The van der Waals surface area contributed by atoms with E-state index in [1.54, 1.807) is 12.1 Å². The predicted octanol–water partition coefficient (Wildman–Crippen LogP) is 1.82. The van der Waals surface area contributed by atoms with Gasteiger partial charge in [0.25, 0.3) is 5.09 Å². The molecule has 4 unspecified atom stereocenters. The van der Waals surface area contributed by atoms with Gasteiger partial charge in [0, 0.05) is 12.6 Å². The minimum atomic E-state index is -0.902. The Kier molecular flexibility index (Phi) is 9.14. The van der Waals surface area contributed by atoms with Gasteiger partial charge in [0.15, 0.2) is 0 Å². The van der Waals surface area contributed by atoms with Crippen LogP contribution in [0.5, 0.6) is 5.75 Å². The van der Waals surface area contributed by atoms with Crippen molar-refractivity contribution in [3.63, 3.8) is 0 Å². The van der Waals surface area contributed by atoms with E-state index in [9.17, 15) is 20.0 Å². The summed E-state index contributed by atoms with van der Waals surface area (Å²) < 4.78 is 5.87. The van der Waals surface area contributed by atoms with Crippen LogP contribution in [-0.4, -0.2) is 53.0 Å². The molecule has 0 spiro atoms. The maximum absolute atomic E-state index is 12.6. The van der Waals surface area contributed by atoms with Crippen LogP contribution in [0.3, 0.4) is 0 Å². The number of carbonyl (C=O) groups excluding carboxylic acids is 1. The second-order valence-corrected chi connectivity index (χ2v) is 7.63. The molecule has 162 valence electrons. The van der Waals surface area contributed by atoms with Gasteiger partial charge < -0.3 is 25.3 Å². The molecule has 0 heterocycles. The van der Waals surface area contributed by atoms with Crippen LogP contribution < -0.4 is 15.4 Å². The van der Waals surface area contributed by atoms with Gasteiger partial charge in [-0.25, -0.2) is 0 Å². The number of hydrogen-bond acceptors (Lipinski definition) is 7. The van der Waals surface area contributed by atoms with Crippen LogP contribution in [0.2, 0.25) is 0 Å². The number of rotatable bonds is 11. The third-order valence-corrected chi connectivity index (χ3v) is 4.85. The topological polar surface area (TPSA) is 123 Å². The third kappa shape index (κ3) is 8.25. The van der Waals surface area contributed by atoms with E-state index in [-0.39, 0.29) is 24.9 Å². The standard InChI is InChI=1S/C20H31N3O6/c1-14(2)21-13-17(24)19(28-15-8-4-3-5-9-15)12-20(25)22-16-10-6-7-11-18(16)29-23(26)27/h3-5,8-9,14,16-19,21,24H,6-7,10-13H2,1-2H3,(H,22,25). The zero-order chi connectivity index (χ0) is 21.2. The van der Waals surface area contributed by atoms with E-state index in [4.69, 9.17) is 9.57 Å². The van der Waals surface area contributed by atoms with Gasteiger partial charge in [-0.05, 0) is 25.0 Å². The molecule has 0 bridgehead atoms. The van der Waals surface area contributed by atoms with Crippen LogP contribution in [0, 0.1) is 10.1 Å². The molecule has 4 atom stereocenters. The van der Waals surface area contributed by atoms with Crippen LogP contribution >= 0.6 is 0 Å². The lowest BCUT2D eigenvalue weighted by molar-refractivity contribution is -0.770. The fourth-order valence-corrected chi connectivity index (χ4v) is 3.37. The first-order chi connectivity index (χ1) is 13.8. The highest BCUT2D eigenvalue weighted by Gasteiger charge is 2.31. The molecule has 1 saturated carbocycles. The number of nitrogens with one attached hydrogen (secondary N) is 2. The lowest BCUT2D eigenvalue weighted by atomic mass is 9.92. The molecule has 1 amide bonds. The summed E-state index contributed by atoms with van der Waals surface area (Å²) in [5, 5.41) is 26.4. The maximum atomic E-state index is 12.6. The predicted molar refractivity (Wildman–Crippen MR) is 107 cm³/mol. The smallest absolute Gasteiger partial charge is 0.294 e. The number of aliphatic hydroxyl groups is 1. The Morgan fingerprint density at radius 1 is 1.28 bits per heavy atom. The van der Waals surface area contributed by atoms with Crippen LogP contribution in [0.1, 0.15) is 46.0 Å². The number of nitrogens with zero attached hydrogens (tertiary/aromatic N) is 1. The minimum absolute atomic E-state index is 0.0719. The molecule has 1 aliphatic carbocycles. The Morgan fingerprint density at radius 3 is 2.62 bits per heavy atom. The Balaban J connectivity index is 1.99. The van der Waals surface area contributed by atoms with Gasteiger partial charge in [0.05, 0.1) is 12.5 Å². The Hall–Kier alpha value is -2.39. The molecule has 0 aliphatic heterocycles. The molecule has 29 heavy (non-hydrogen) atoms. The molecule has 1 aromatic carbocycles. The molecule has 1 aromatic rings. The van der Waals surface area contributed by atoms with Crippen LogP contribution in [-0.2, 0) is 9.63 Å². The molecular formula is C20H31N3O6. The van der Waals surface area contributed by atoms with Gasteiger partial charge in [-0.3, -0.25) is 4.79 Å². The number of carbonyl (C=O) groups is 1. The molecule has 1 fully saturated rings. The van der Waals surface area contributed by atoms with Gasteiger partial charge in [0.2, 0.25) is 5.91 Å². The van der Waals surface area contributed by atoms with Crippen molar-refractivity contribution in [1.29, 1.82) is 0 Å². The van der Waals surface area contributed by atoms with Gasteiger partial charge in [-0.1, -0.05) is 44.9 Å². The van der Waals surface area contributed by atoms with E-state index in [0.29, 0.717) is 18.6 Å². The Bertz CT molecular complexity index is 642. The molecule has 9 heteroatoms. The summed E-state index contributed by atoms with van der Waals surface area (Å²) in [6.45, 7) is 4.20. The first-order valence-electron chi connectivity index (χ1n) is 10.1. The summed E-state index contributed by atoms with van der Waals surface area (Å²) in [6.07, 6.45) is 0.448.